The smallest absolute Gasteiger partial charge is 0.305 e. The van der Waals surface area contributed by atoms with E-state index in [1.807, 2.05) is 0 Å². The van der Waals surface area contributed by atoms with E-state index in [9.17, 15) is 4.79 Å². The molecule has 136 valence electrons. The van der Waals surface area contributed by atoms with Gasteiger partial charge in [0.2, 0.25) is 0 Å². The minimum atomic E-state index is -0.180. The Morgan fingerprint density at radius 2 is 1.35 bits per heavy atom. The van der Waals surface area contributed by atoms with Crippen molar-refractivity contribution in [2.75, 3.05) is 13.2 Å². The summed E-state index contributed by atoms with van der Waals surface area (Å²) >= 11 is 0. The molecule has 0 atom stereocenters. The number of aliphatic hydroxyl groups excluding tert-OH is 1. The molecule has 0 aliphatic rings. The maximum Gasteiger partial charge on any atom is 0.305 e. The van der Waals surface area contributed by atoms with Crippen molar-refractivity contribution in [2.24, 2.45) is 0 Å². The highest BCUT2D eigenvalue weighted by molar-refractivity contribution is 5.69. The number of carbonyl (C=O) groups excluding carboxylic acids is 1. The molecule has 0 fully saturated rings. The maximum absolute atomic E-state index is 11.2. The van der Waals surface area contributed by atoms with Crippen LogP contribution in [0, 0.1) is 0 Å². The Morgan fingerprint density at radius 1 is 0.826 bits per heavy atom. The summed E-state index contributed by atoms with van der Waals surface area (Å²) in [6.45, 7) is 2.30. The first-order valence-electron chi connectivity index (χ1n) is 9.72. The fourth-order valence-electron chi connectivity index (χ4n) is 2.57. The summed E-state index contributed by atoms with van der Waals surface area (Å²) in [6, 6.07) is 0. The molecule has 1 N–H and O–H groups in total. The van der Waals surface area contributed by atoms with Crippen molar-refractivity contribution in [2.45, 2.75) is 96.8 Å². The van der Waals surface area contributed by atoms with Crippen molar-refractivity contribution in [1.29, 1.82) is 0 Å². The number of hydrogen-bond acceptors (Lipinski definition) is 3. The first-order chi connectivity index (χ1) is 11.3. The van der Waals surface area contributed by atoms with Gasteiger partial charge in [0.25, 0.3) is 0 Å². The van der Waals surface area contributed by atoms with Crippen LogP contribution in [0.2, 0.25) is 0 Å². The monoisotopic (exact) mass is 326 g/mol. The van der Waals surface area contributed by atoms with Crippen molar-refractivity contribution in [3.8, 4) is 0 Å². The summed E-state index contributed by atoms with van der Waals surface area (Å²) in [5, 5.41) is 8.54. The minimum Gasteiger partial charge on any atom is -0.463 e. The quantitative estimate of drug-likeness (QED) is 0.216. The van der Waals surface area contributed by atoms with E-state index in [0.29, 0.717) is 6.42 Å². The average Bonchev–Trinajstić information content (AvgIpc) is 2.56. The number of hydrogen-bond donors (Lipinski definition) is 1. The number of rotatable bonds is 17. The Morgan fingerprint density at radius 3 is 1.91 bits per heavy atom. The molecule has 0 radical (unpaired) electrons. The van der Waals surface area contributed by atoms with E-state index in [2.05, 4.69) is 19.1 Å². The van der Waals surface area contributed by atoms with Crippen LogP contribution in [-0.4, -0.2) is 24.3 Å². The molecular formula is C20H38O3. The van der Waals surface area contributed by atoms with E-state index in [1.54, 1.807) is 0 Å². The van der Waals surface area contributed by atoms with Crippen LogP contribution in [0.25, 0.3) is 0 Å². The highest BCUT2D eigenvalue weighted by Crippen LogP contribution is 2.11. The summed E-state index contributed by atoms with van der Waals surface area (Å²) in [6.07, 6.45) is 21.5. The third kappa shape index (κ3) is 19.1. The van der Waals surface area contributed by atoms with Gasteiger partial charge in [0, 0.05) is 6.42 Å². The van der Waals surface area contributed by atoms with Crippen molar-refractivity contribution >= 4 is 5.97 Å². The van der Waals surface area contributed by atoms with Gasteiger partial charge in [-0.25, -0.2) is 0 Å². The van der Waals surface area contributed by atoms with Gasteiger partial charge in [-0.1, -0.05) is 70.4 Å². The number of esters is 1. The normalized spacial score (nSPS) is 11.2. The van der Waals surface area contributed by atoms with Gasteiger partial charge in [-0.3, -0.25) is 4.79 Å². The second-order valence-corrected chi connectivity index (χ2v) is 6.28. The Bertz CT molecular complexity index is 274. The van der Waals surface area contributed by atoms with Crippen molar-refractivity contribution in [3.05, 3.63) is 12.2 Å². The standard InChI is InChI=1S/C20H38O3/c1-2-3-4-5-6-7-8-9-10-11-12-13-14-15-16-17-20(22)23-19-18-21/h7-8,21H,2-6,9-19H2,1H3/b8-7+. The molecule has 0 aliphatic heterocycles. The lowest BCUT2D eigenvalue weighted by Crippen LogP contribution is -2.07. The van der Waals surface area contributed by atoms with Crippen LogP contribution < -0.4 is 0 Å². The molecule has 0 saturated heterocycles. The third-order valence-corrected chi connectivity index (χ3v) is 4.00. The lowest BCUT2D eigenvalue weighted by atomic mass is 10.1. The predicted octanol–water partition coefficient (Wildman–Crippen LogP) is 5.56. The number of aliphatic hydroxyl groups is 1. The van der Waals surface area contributed by atoms with Crippen LogP contribution >= 0.6 is 0 Å². The van der Waals surface area contributed by atoms with Gasteiger partial charge in [-0.15, -0.1) is 0 Å². The molecule has 0 unspecified atom stereocenters. The van der Waals surface area contributed by atoms with Crippen molar-refractivity contribution in [1.82, 2.24) is 0 Å². The Balaban J connectivity index is 3.13. The Labute approximate surface area is 143 Å². The molecule has 0 aromatic heterocycles. The van der Waals surface area contributed by atoms with Crippen LogP contribution in [0.1, 0.15) is 96.8 Å². The Hall–Kier alpha value is -0.830. The zero-order chi connectivity index (χ0) is 17.0. The predicted molar refractivity (Wildman–Crippen MR) is 97.5 cm³/mol. The van der Waals surface area contributed by atoms with Gasteiger partial charge in [0.1, 0.15) is 6.61 Å². The van der Waals surface area contributed by atoms with Crippen LogP contribution in [0.3, 0.4) is 0 Å². The largest absolute Gasteiger partial charge is 0.463 e. The van der Waals surface area contributed by atoms with Gasteiger partial charge in [-0.05, 0) is 32.1 Å². The lowest BCUT2D eigenvalue weighted by Gasteiger charge is -2.03. The summed E-state index contributed by atoms with van der Waals surface area (Å²) in [5.74, 6) is -0.180. The van der Waals surface area contributed by atoms with E-state index in [0.717, 1.165) is 12.8 Å². The van der Waals surface area contributed by atoms with Crippen LogP contribution in [-0.2, 0) is 9.53 Å². The van der Waals surface area contributed by atoms with E-state index in [4.69, 9.17) is 9.84 Å². The van der Waals surface area contributed by atoms with E-state index >= 15 is 0 Å². The SMILES string of the molecule is CCCCCC/C=C/CCCCCCCCCC(=O)OCCO. The molecule has 0 amide bonds. The maximum atomic E-state index is 11.2. The average molecular weight is 327 g/mol. The molecular weight excluding hydrogens is 288 g/mol. The minimum absolute atomic E-state index is 0.0835. The van der Waals surface area contributed by atoms with E-state index in [1.165, 1.54) is 70.6 Å². The molecule has 0 rings (SSSR count). The molecule has 3 nitrogen and oxygen atoms in total. The first kappa shape index (κ1) is 22.2. The van der Waals surface area contributed by atoms with Crippen molar-refractivity contribution < 1.29 is 14.6 Å². The van der Waals surface area contributed by atoms with Gasteiger partial charge < -0.3 is 9.84 Å². The van der Waals surface area contributed by atoms with E-state index in [-0.39, 0.29) is 19.2 Å². The fraction of sp³-hybridized carbons (Fsp3) is 0.850. The lowest BCUT2D eigenvalue weighted by molar-refractivity contribution is -0.144. The van der Waals surface area contributed by atoms with Crippen LogP contribution in [0.4, 0.5) is 0 Å². The molecule has 0 aliphatic carbocycles. The number of unbranched alkanes of at least 4 members (excludes halogenated alkanes) is 11. The zero-order valence-electron chi connectivity index (χ0n) is 15.2. The molecule has 0 aromatic rings. The number of carbonyl (C=O) groups is 1. The summed E-state index contributed by atoms with van der Waals surface area (Å²) < 4.78 is 4.81. The molecule has 3 heteroatoms. The highest BCUT2D eigenvalue weighted by Gasteiger charge is 2.01. The second-order valence-electron chi connectivity index (χ2n) is 6.28. The van der Waals surface area contributed by atoms with Crippen molar-refractivity contribution in [3.63, 3.8) is 0 Å². The third-order valence-electron chi connectivity index (χ3n) is 4.00. The van der Waals surface area contributed by atoms with Crippen LogP contribution in [0.15, 0.2) is 12.2 Å². The molecule has 0 spiro atoms. The van der Waals surface area contributed by atoms with Crippen LogP contribution in [0.5, 0.6) is 0 Å². The summed E-state index contributed by atoms with van der Waals surface area (Å²) in [4.78, 5) is 11.2. The molecule has 0 bridgehead atoms. The zero-order valence-corrected chi connectivity index (χ0v) is 15.2. The molecule has 0 aromatic carbocycles. The topological polar surface area (TPSA) is 46.5 Å². The molecule has 0 heterocycles. The van der Waals surface area contributed by atoms with Gasteiger partial charge in [0.15, 0.2) is 0 Å². The summed E-state index contributed by atoms with van der Waals surface area (Å²) in [7, 11) is 0. The van der Waals surface area contributed by atoms with Gasteiger partial charge in [0.05, 0.1) is 6.61 Å². The first-order valence-corrected chi connectivity index (χ1v) is 9.72. The summed E-state index contributed by atoms with van der Waals surface area (Å²) in [5.41, 5.74) is 0. The number of ether oxygens (including phenoxy) is 1. The van der Waals surface area contributed by atoms with Gasteiger partial charge in [-0.2, -0.15) is 0 Å². The Kier molecular flexibility index (Phi) is 18.5. The molecule has 23 heavy (non-hydrogen) atoms. The second kappa shape index (κ2) is 19.2. The highest BCUT2D eigenvalue weighted by atomic mass is 16.5. The fourth-order valence-corrected chi connectivity index (χ4v) is 2.57. The van der Waals surface area contributed by atoms with Gasteiger partial charge >= 0.3 is 5.97 Å². The van der Waals surface area contributed by atoms with E-state index < -0.39 is 0 Å². The number of allylic oxidation sites excluding steroid dienone is 2. The molecule has 0 saturated carbocycles.